The van der Waals surface area contributed by atoms with E-state index in [1.807, 2.05) is 0 Å². The first-order chi connectivity index (χ1) is 8.70. The van der Waals surface area contributed by atoms with Crippen molar-refractivity contribution in [3.05, 3.63) is 42.5 Å². The Balaban J connectivity index is 2.26. The average molecular weight is 244 g/mol. The van der Waals surface area contributed by atoms with Gasteiger partial charge in [0.15, 0.2) is 0 Å². The molecule has 92 valence electrons. The summed E-state index contributed by atoms with van der Waals surface area (Å²) in [4.78, 5) is 19.7. The summed E-state index contributed by atoms with van der Waals surface area (Å²) in [7, 11) is 1.49. The lowest BCUT2D eigenvalue weighted by Crippen LogP contribution is -2.13. The van der Waals surface area contributed by atoms with Crippen LogP contribution in [-0.2, 0) is 0 Å². The Kier molecular flexibility index (Phi) is 3.38. The zero-order valence-corrected chi connectivity index (χ0v) is 9.75. The summed E-state index contributed by atoms with van der Waals surface area (Å²) in [6.07, 6.45) is 4.39. The highest BCUT2D eigenvalue weighted by molar-refractivity contribution is 6.06. The Labute approximate surface area is 104 Å². The molecule has 0 saturated carbocycles. The van der Waals surface area contributed by atoms with E-state index in [0.29, 0.717) is 22.7 Å². The Morgan fingerprint density at radius 1 is 1.33 bits per heavy atom. The van der Waals surface area contributed by atoms with Gasteiger partial charge in [0.2, 0.25) is 0 Å². The predicted molar refractivity (Wildman–Crippen MR) is 67.4 cm³/mol. The minimum atomic E-state index is -0.325. The van der Waals surface area contributed by atoms with Crippen LogP contribution >= 0.6 is 0 Å². The second-order valence-corrected chi connectivity index (χ2v) is 3.54. The van der Waals surface area contributed by atoms with Crippen LogP contribution in [0.5, 0.6) is 5.75 Å². The molecule has 0 aliphatic carbocycles. The standard InChI is InChI=1S/C12H12N4O2/c1-18-11-3-2-8(13)4-10(11)12(17)16-9-5-14-7-15-6-9/h2-7H,13H2,1H3,(H,16,17). The van der Waals surface area contributed by atoms with E-state index >= 15 is 0 Å². The highest BCUT2D eigenvalue weighted by Crippen LogP contribution is 2.22. The summed E-state index contributed by atoms with van der Waals surface area (Å²) < 4.78 is 5.11. The van der Waals surface area contributed by atoms with Crippen molar-refractivity contribution in [3.8, 4) is 5.75 Å². The van der Waals surface area contributed by atoms with Crippen LogP contribution in [0.15, 0.2) is 36.9 Å². The van der Waals surface area contributed by atoms with Crippen LogP contribution in [0.25, 0.3) is 0 Å². The third-order valence-corrected chi connectivity index (χ3v) is 2.29. The lowest BCUT2D eigenvalue weighted by molar-refractivity contribution is 0.102. The number of hydrogen-bond acceptors (Lipinski definition) is 5. The summed E-state index contributed by atoms with van der Waals surface area (Å²) in [6, 6.07) is 4.87. The Bertz CT molecular complexity index is 557. The summed E-state index contributed by atoms with van der Waals surface area (Å²) in [6.45, 7) is 0. The number of amides is 1. The third kappa shape index (κ3) is 2.54. The van der Waals surface area contributed by atoms with Crippen LogP contribution in [0.1, 0.15) is 10.4 Å². The van der Waals surface area contributed by atoms with Crippen molar-refractivity contribution in [2.24, 2.45) is 0 Å². The zero-order chi connectivity index (χ0) is 13.0. The van der Waals surface area contributed by atoms with E-state index in [9.17, 15) is 4.79 Å². The van der Waals surface area contributed by atoms with Gasteiger partial charge in [0.1, 0.15) is 12.1 Å². The Hall–Kier alpha value is -2.63. The fraction of sp³-hybridized carbons (Fsp3) is 0.0833. The number of benzene rings is 1. The number of anilines is 2. The van der Waals surface area contributed by atoms with E-state index in [1.54, 1.807) is 18.2 Å². The van der Waals surface area contributed by atoms with Crippen molar-refractivity contribution in [3.63, 3.8) is 0 Å². The van der Waals surface area contributed by atoms with Crippen LogP contribution < -0.4 is 15.8 Å². The van der Waals surface area contributed by atoms with Crippen molar-refractivity contribution in [2.45, 2.75) is 0 Å². The molecule has 0 fully saturated rings. The lowest BCUT2D eigenvalue weighted by atomic mass is 10.1. The quantitative estimate of drug-likeness (QED) is 0.795. The van der Waals surface area contributed by atoms with Gasteiger partial charge in [-0.3, -0.25) is 4.79 Å². The van der Waals surface area contributed by atoms with Crippen molar-refractivity contribution >= 4 is 17.3 Å². The van der Waals surface area contributed by atoms with Crippen LogP contribution in [0.2, 0.25) is 0 Å². The van der Waals surface area contributed by atoms with E-state index in [4.69, 9.17) is 10.5 Å². The SMILES string of the molecule is COc1ccc(N)cc1C(=O)Nc1cncnc1. The summed E-state index contributed by atoms with van der Waals surface area (Å²) in [5.74, 6) is 0.132. The first-order valence-corrected chi connectivity index (χ1v) is 5.20. The predicted octanol–water partition coefficient (Wildman–Crippen LogP) is 1.32. The number of rotatable bonds is 3. The van der Waals surface area contributed by atoms with Crippen LogP contribution in [-0.4, -0.2) is 23.0 Å². The van der Waals surface area contributed by atoms with Crippen LogP contribution in [0, 0.1) is 0 Å². The molecule has 0 aliphatic rings. The van der Waals surface area contributed by atoms with Gasteiger partial charge in [0.25, 0.3) is 5.91 Å². The van der Waals surface area contributed by atoms with Gasteiger partial charge in [0.05, 0.1) is 30.8 Å². The first-order valence-electron chi connectivity index (χ1n) is 5.20. The normalized spacial score (nSPS) is 9.83. The molecule has 6 nitrogen and oxygen atoms in total. The van der Waals surface area contributed by atoms with Gasteiger partial charge in [-0.2, -0.15) is 0 Å². The van der Waals surface area contributed by atoms with E-state index < -0.39 is 0 Å². The molecule has 18 heavy (non-hydrogen) atoms. The first kappa shape index (κ1) is 11.8. The van der Waals surface area contributed by atoms with Crippen LogP contribution in [0.3, 0.4) is 0 Å². The molecule has 0 unspecified atom stereocenters. The number of nitrogens with two attached hydrogens (primary N) is 1. The molecule has 2 aromatic rings. The second-order valence-electron chi connectivity index (χ2n) is 3.54. The molecule has 3 N–H and O–H groups in total. The van der Waals surface area contributed by atoms with Gasteiger partial charge in [0, 0.05) is 5.69 Å². The smallest absolute Gasteiger partial charge is 0.259 e. The fourth-order valence-corrected chi connectivity index (χ4v) is 1.47. The molecule has 0 atom stereocenters. The maximum Gasteiger partial charge on any atom is 0.259 e. The van der Waals surface area contributed by atoms with Crippen molar-refractivity contribution in [1.29, 1.82) is 0 Å². The summed E-state index contributed by atoms with van der Waals surface area (Å²) >= 11 is 0. The largest absolute Gasteiger partial charge is 0.496 e. The lowest BCUT2D eigenvalue weighted by Gasteiger charge is -2.09. The molecule has 0 radical (unpaired) electrons. The Morgan fingerprint density at radius 3 is 2.72 bits per heavy atom. The van der Waals surface area contributed by atoms with E-state index in [1.165, 1.54) is 25.8 Å². The van der Waals surface area contributed by atoms with Crippen molar-refractivity contribution < 1.29 is 9.53 Å². The van der Waals surface area contributed by atoms with Gasteiger partial charge < -0.3 is 15.8 Å². The molecule has 0 saturated heterocycles. The molecule has 1 aromatic heterocycles. The van der Waals surface area contributed by atoms with Crippen molar-refractivity contribution in [2.75, 3.05) is 18.2 Å². The molecule has 2 rings (SSSR count). The third-order valence-electron chi connectivity index (χ3n) is 2.29. The van der Waals surface area contributed by atoms with Crippen LogP contribution in [0.4, 0.5) is 11.4 Å². The number of carbonyl (C=O) groups excluding carboxylic acids is 1. The topological polar surface area (TPSA) is 90.1 Å². The number of nitrogens with one attached hydrogen (secondary N) is 1. The molecular formula is C12H12N4O2. The van der Waals surface area contributed by atoms with E-state index in [0.717, 1.165) is 0 Å². The number of hydrogen-bond donors (Lipinski definition) is 2. The number of carbonyl (C=O) groups is 1. The number of methoxy groups -OCH3 is 1. The molecule has 1 amide bonds. The van der Waals surface area contributed by atoms with E-state index in [-0.39, 0.29) is 5.91 Å². The van der Waals surface area contributed by atoms with Gasteiger partial charge in [-0.05, 0) is 18.2 Å². The van der Waals surface area contributed by atoms with Crippen molar-refractivity contribution in [1.82, 2.24) is 9.97 Å². The number of nitrogen functional groups attached to an aromatic ring is 1. The molecule has 1 heterocycles. The van der Waals surface area contributed by atoms with Gasteiger partial charge in [-0.15, -0.1) is 0 Å². The number of aromatic nitrogens is 2. The zero-order valence-electron chi connectivity index (χ0n) is 9.75. The molecule has 1 aromatic carbocycles. The molecule has 0 aliphatic heterocycles. The molecule has 0 bridgehead atoms. The number of ether oxygens (including phenoxy) is 1. The average Bonchev–Trinajstić information content (AvgIpc) is 2.40. The minimum Gasteiger partial charge on any atom is -0.496 e. The Morgan fingerprint density at radius 2 is 2.06 bits per heavy atom. The minimum absolute atomic E-state index is 0.325. The highest BCUT2D eigenvalue weighted by Gasteiger charge is 2.12. The maximum absolute atomic E-state index is 12.0. The van der Waals surface area contributed by atoms with Gasteiger partial charge in [-0.25, -0.2) is 9.97 Å². The number of nitrogens with zero attached hydrogens (tertiary/aromatic N) is 2. The second kappa shape index (κ2) is 5.13. The molecule has 6 heteroatoms. The summed E-state index contributed by atoms with van der Waals surface area (Å²) in [5, 5.41) is 2.66. The van der Waals surface area contributed by atoms with Gasteiger partial charge in [-0.1, -0.05) is 0 Å². The molecular weight excluding hydrogens is 232 g/mol. The maximum atomic E-state index is 12.0. The van der Waals surface area contributed by atoms with E-state index in [2.05, 4.69) is 15.3 Å². The highest BCUT2D eigenvalue weighted by atomic mass is 16.5. The summed E-state index contributed by atoms with van der Waals surface area (Å²) in [5.41, 5.74) is 7.01. The monoisotopic (exact) mass is 244 g/mol. The fourth-order valence-electron chi connectivity index (χ4n) is 1.47. The van der Waals surface area contributed by atoms with Gasteiger partial charge >= 0.3 is 0 Å². The molecule has 0 spiro atoms.